The molecule has 1 saturated heterocycles. The quantitative estimate of drug-likeness (QED) is 0.603. The monoisotopic (exact) mass is 414 g/mol. The molecule has 4 rings (SSSR count). The van der Waals surface area contributed by atoms with Crippen LogP contribution < -0.4 is 9.64 Å². The van der Waals surface area contributed by atoms with Crippen molar-refractivity contribution >= 4 is 28.3 Å². The van der Waals surface area contributed by atoms with Gasteiger partial charge in [0.2, 0.25) is 5.13 Å². The summed E-state index contributed by atoms with van der Waals surface area (Å²) in [5.41, 5.74) is 2.24. The minimum absolute atomic E-state index is 0.690. The van der Waals surface area contributed by atoms with Gasteiger partial charge in [0, 0.05) is 49.8 Å². The fraction of sp³-hybridized carbons (Fsp3) is 0.333. The topological polar surface area (TPSA) is 41.5 Å². The molecule has 2 aromatic carbocycles. The number of ether oxygens (including phenoxy) is 1. The predicted molar refractivity (Wildman–Crippen MR) is 116 cm³/mol. The number of piperazine rings is 1. The molecule has 28 heavy (non-hydrogen) atoms. The average Bonchev–Trinajstić information content (AvgIpc) is 3.23. The number of hydrogen-bond donors (Lipinski definition) is 0. The first-order valence-corrected chi connectivity index (χ1v) is 10.6. The van der Waals surface area contributed by atoms with Gasteiger partial charge in [-0.25, -0.2) is 0 Å². The first kappa shape index (κ1) is 19.2. The Bertz CT molecular complexity index is 907. The lowest BCUT2D eigenvalue weighted by atomic mass is 10.1. The molecule has 5 nitrogen and oxygen atoms in total. The molecule has 0 atom stereocenters. The van der Waals surface area contributed by atoms with Gasteiger partial charge in [-0.15, -0.1) is 0 Å². The van der Waals surface area contributed by atoms with Crippen molar-refractivity contribution in [3.8, 4) is 17.1 Å². The molecular formula is C21H23ClN4OS. The third-order valence-corrected chi connectivity index (χ3v) is 6.16. The number of hydrogen-bond acceptors (Lipinski definition) is 6. The van der Waals surface area contributed by atoms with Gasteiger partial charge in [-0.3, -0.25) is 4.90 Å². The summed E-state index contributed by atoms with van der Waals surface area (Å²) in [6.07, 6.45) is 1.06. The van der Waals surface area contributed by atoms with E-state index in [0.29, 0.717) is 10.8 Å². The van der Waals surface area contributed by atoms with E-state index >= 15 is 0 Å². The van der Waals surface area contributed by atoms with Crippen LogP contribution in [0.5, 0.6) is 5.75 Å². The maximum atomic E-state index is 6.27. The Morgan fingerprint density at radius 2 is 1.79 bits per heavy atom. The second-order valence-electron chi connectivity index (χ2n) is 6.81. The van der Waals surface area contributed by atoms with Crippen LogP contribution in [-0.4, -0.2) is 54.1 Å². The maximum absolute atomic E-state index is 6.27. The van der Waals surface area contributed by atoms with E-state index in [1.807, 2.05) is 36.4 Å². The molecule has 0 aliphatic carbocycles. The molecule has 0 amide bonds. The number of methoxy groups -OCH3 is 1. The average molecular weight is 415 g/mol. The summed E-state index contributed by atoms with van der Waals surface area (Å²) in [7, 11) is 1.70. The maximum Gasteiger partial charge on any atom is 0.205 e. The van der Waals surface area contributed by atoms with Crippen LogP contribution in [-0.2, 0) is 6.42 Å². The largest absolute Gasteiger partial charge is 0.497 e. The molecule has 146 valence electrons. The molecule has 0 unspecified atom stereocenters. The van der Waals surface area contributed by atoms with E-state index in [4.69, 9.17) is 21.3 Å². The van der Waals surface area contributed by atoms with Crippen molar-refractivity contribution in [2.24, 2.45) is 0 Å². The standard InChI is InChI=1S/C21H23ClN4OS/c1-27-17-8-6-16(7-9-17)10-11-25-12-14-26(15-13-25)21-23-20(24-28-21)18-4-2-3-5-19(18)22/h2-9H,10-15H2,1H3. The zero-order chi connectivity index (χ0) is 19.3. The molecule has 0 bridgehead atoms. The summed E-state index contributed by atoms with van der Waals surface area (Å²) in [5, 5.41) is 1.67. The summed E-state index contributed by atoms with van der Waals surface area (Å²) in [4.78, 5) is 9.55. The highest BCUT2D eigenvalue weighted by atomic mass is 35.5. The highest BCUT2D eigenvalue weighted by Crippen LogP contribution is 2.29. The highest BCUT2D eigenvalue weighted by molar-refractivity contribution is 7.09. The summed E-state index contributed by atoms with van der Waals surface area (Å²) in [6.45, 7) is 5.09. The van der Waals surface area contributed by atoms with E-state index in [0.717, 1.165) is 55.6 Å². The number of halogens is 1. The van der Waals surface area contributed by atoms with Crippen molar-refractivity contribution in [2.75, 3.05) is 44.7 Å². The van der Waals surface area contributed by atoms with Crippen molar-refractivity contribution in [1.82, 2.24) is 14.3 Å². The summed E-state index contributed by atoms with van der Waals surface area (Å²) < 4.78 is 9.73. The summed E-state index contributed by atoms with van der Waals surface area (Å²) >= 11 is 7.72. The number of rotatable bonds is 6. The van der Waals surface area contributed by atoms with E-state index in [-0.39, 0.29) is 0 Å². The smallest absolute Gasteiger partial charge is 0.205 e. The lowest BCUT2D eigenvalue weighted by molar-refractivity contribution is 0.261. The molecule has 1 aliphatic rings. The molecule has 7 heteroatoms. The van der Waals surface area contributed by atoms with Crippen LogP contribution in [0.1, 0.15) is 5.56 Å². The molecule has 2 heterocycles. The summed E-state index contributed by atoms with van der Waals surface area (Å²) in [5.74, 6) is 1.62. The molecule has 1 aliphatic heterocycles. The fourth-order valence-corrected chi connectivity index (χ4v) is 4.29. The zero-order valence-corrected chi connectivity index (χ0v) is 17.4. The van der Waals surface area contributed by atoms with Gasteiger partial charge in [0.15, 0.2) is 5.82 Å². The SMILES string of the molecule is COc1ccc(CCN2CCN(c3nc(-c4ccccc4Cl)ns3)CC2)cc1. The zero-order valence-electron chi connectivity index (χ0n) is 15.8. The lowest BCUT2D eigenvalue weighted by Gasteiger charge is -2.34. The van der Waals surface area contributed by atoms with E-state index in [2.05, 4.69) is 26.3 Å². The van der Waals surface area contributed by atoms with Crippen LogP contribution in [0.2, 0.25) is 5.02 Å². The van der Waals surface area contributed by atoms with Crippen LogP contribution >= 0.6 is 23.1 Å². The van der Waals surface area contributed by atoms with Gasteiger partial charge in [-0.05, 0) is 36.2 Å². The predicted octanol–water partition coefficient (Wildman–Crippen LogP) is 4.23. The molecule has 1 fully saturated rings. The van der Waals surface area contributed by atoms with Crippen LogP contribution in [0.25, 0.3) is 11.4 Å². The number of anilines is 1. The lowest BCUT2D eigenvalue weighted by Crippen LogP contribution is -2.47. The van der Waals surface area contributed by atoms with Crippen LogP contribution in [0.3, 0.4) is 0 Å². The van der Waals surface area contributed by atoms with Gasteiger partial charge in [0.05, 0.1) is 12.1 Å². The van der Waals surface area contributed by atoms with Crippen molar-refractivity contribution < 1.29 is 4.74 Å². The first-order chi connectivity index (χ1) is 13.7. The highest BCUT2D eigenvalue weighted by Gasteiger charge is 2.20. The molecule has 1 aromatic heterocycles. The van der Waals surface area contributed by atoms with E-state index in [1.54, 1.807) is 7.11 Å². The minimum atomic E-state index is 0.690. The van der Waals surface area contributed by atoms with Crippen LogP contribution in [0.4, 0.5) is 5.13 Å². The van der Waals surface area contributed by atoms with Crippen LogP contribution in [0.15, 0.2) is 48.5 Å². The Labute approximate surface area is 174 Å². The van der Waals surface area contributed by atoms with Gasteiger partial charge < -0.3 is 9.64 Å². The molecular weight excluding hydrogens is 392 g/mol. The fourth-order valence-electron chi connectivity index (χ4n) is 3.34. The second-order valence-corrected chi connectivity index (χ2v) is 7.94. The normalized spacial score (nSPS) is 15.0. The Kier molecular flexibility index (Phi) is 6.10. The van der Waals surface area contributed by atoms with Crippen molar-refractivity contribution in [3.05, 3.63) is 59.1 Å². The van der Waals surface area contributed by atoms with E-state index in [9.17, 15) is 0 Å². The van der Waals surface area contributed by atoms with Gasteiger partial charge in [0.25, 0.3) is 0 Å². The van der Waals surface area contributed by atoms with Crippen LogP contribution in [0, 0.1) is 0 Å². The first-order valence-electron chi connectivity index (χ1n) is 9.42. The molecule has 0 radical (unpaired) electrons. The van der Waals surface area contributed by atoms with Gasteiger partial charge in [-0.2, -0.15) is 9.36 Å². The second kappa shape index (κ2) is 8.90. The summed E-state index contributed by atoms with van der Waals surface area (Å²) in [6, 6.07) is 16.1. The van der Waals surface area contributed by atoms with E-state index in [1.165, 1.54) is 17.1 Å². The number of nitrogens with zero attached hydrogens (tertiary/aromatic N) is 4. The number of aromatic nitrogens is 2. The molecule has 0 spiro atoms. The third-order valence-electron chi connectivity index (χ3n) is 5.05. The van der Waals surface area contributed by atoms with Crippen molar-refractivity contribution in [2.45, 2.75) is 6.42 Å². The van der Waals surface area contributed by atoms with Crippen molar-refractivity contribution in [1.29, 1.82) is 0 Å². The Balaban J connectivity index is 1.30. The molecule has 0 N–H and O–H groups in total. The van der Waals surface area contributed by atoms with Gasteiger partial charge >= 0.3 is 0 Å². The Hall–Kier alpha value is -2.15. The van der Waals surface area contributed by atoms with Gasteiger partial charge in [0.1, 0.15) is 5.75 Å². The number of benzene rings is 2. The Morgan fingerprint density at radius 1 is 1.04 bits per heavy atom. The minimum Gasteiger partial charge on any atom is -0.497 e. The van der Waals surface area contributed by atoms with E-state index < -0.39 is 0 Å². The molecule has 3 aromatic rings. The third kappa shape index (κ3) is 4.46. The Morgan fingerprint density at radius 3 is 2.50 bits per heavy atom. The van der Waals surface area contributed by atoms with Crippen molar-refractivity contribution in [3.63, 3.8) is 0 Å². The molecule has 0 saturated carbocycles. The van der Waals surface area contributed by atoms with Gasteiger partial charge in [-0.1, -0.05) is 35.9 Å².